The highest BCUT2D eigenvalue weighted by atomic mass is 32.2. The van der Waals surface area contributed by atoms with Gasteiger partial charge in [-0.15, -0.1) is 11.3 Å². The highest BCUT2D eigenvalue weighted by molar-refractivity contribution is 7.98. The molecule has 0 amide bonds. The van der Waals surface area contributed by atoms with Crippen molar-refractivity contribution in [2.45, 2.75) is 12.7 Å². The molecule has 0 radical (unpaired) electrons. The second kappa shape index (κ2) is 6.23. The number of thioether (sulfide) groups is 1. The van der Waals surface area contributed by atoms with Gasteiger partial charge in [-0.2, -0.15) is 11.8 Å². The summed E-state index contributed by atoms with van der Waals surface area (Å²) in [6.45, 7) is 2.90. The van der Waals surface area contributed by atoms with Crippen molar-refractivity contribution in [2.75, 3.05) is 12.3 Å². The zero-order valence-electron chi connectivity index (χ0n) is 9.76. The topological polar surface area (TPSA) is 52.0 Å². The van der Waals surface area contributed by atoms with E-state index in [2.05, 4.69) is 12.1 Å². The number of thiophene rings is 1. The van der Waals surface area contributed by atoms with Crippen molar-refractivity contribution in [3.8, 4) is 10.6 Å². The number of nitrogens with two attached hydrogens (primary N) is 1. The molecule has 92 valence electrons. The van der Waals surface area contributed by atoms with Gasteiger partial charge in [0.25, 0.3) is 0 Å². The Bertz CT molecular complexity index is 439. The van der Waals surface area contributed by atoms with E-state index in [1.807, 2.05) is 35.3 Å². The number of hydrogen-bond acceptors (Lipinski definition) is 5. The van der Waals surface area contributed by atoms with Crippen LogP contribution in [-0.4, -0.2) is 17.5 Å². The van der Waals surface area contributed by atoms with Gasteiger partial charge in [0, 0.05) is 11.8 Å². The molecule has 0 saturated heterocycles. The van der Waals surface area contributed by atoms with Gasteiger partial charge < -0.3 is 10.3 Å². The predicted molar refractivity (Wildman–Crippen MR) is 74.2 cm³/mol. The fourth-order valence-electron chi connectivity index (χ4n) is 1.35. The Labute approximate surface area is 109 Å². The zero-order chi connectivity index (χ0) is 12.1. The maximum Gasteiger partial charge on any atom is 0.177 e. The molecule has 0 spiro atoms. The van der Waals surface area contributed by atoms with Gasteiger partial charge in [0.2, 0.25) is 0 Å². The molecule has 2 N–H and O–H groups in total. The lowest BCUT2D eigenvalue weighted by atomic mass is 10.2. The summed E-state index contributed by atoms with van der Waals surface area (Å²) in [7, 11) is 0. The molecule has 2 aromatic rings. The first-order chi connectivity index (χ1) is 8.29. The first-order valence-electron chi connectivity index (χ1n) is 5.57. The molecule has 0 fully saturated rings. The maximum atomic E-state index is 5.57. The maximum absolute atomic E-state index is 5.57. The van der Waals surface area contributed by atoms with Gasteiger partial charge in [0.05, 0.1) is 10.6 Å². The molecular weight excluding hydrogens is 252 g/mol. The minimum Gasteiger partial charge on any atom is -0.355 e. The van der Waals surface area contributed by atoms with E-state index in [-0.39, 0.29) is 0 Å². The first-order valence-corrected chi connectivity index (χ1v) is 7.60. The van der Waals surface area contributed by atoms with Crippen molar-refractivity contribution in [1.82, 2.24) is 5.16 Å². The van der Waals surface area contributed by atoms with Gasteiger partial charge in [-0.3, -0.25) is 0 Å². The average Bonchev–Trinajstić information content (AvgIpc) is 2.98. The second-order valence-electron chi connectivity index (χ2n) is 4.02. The van der Waals surface area contributed by atoms with E-state index in [0.717, 1.165) is 34.4 Å². The van der Waals surface area contributed by atoms with Gasteiger partial charge in [0.15, 0.2) is 5.76 Å². The normalized spacial score (nSPS) is 12.8. The van der Waals surface area contributed by atoms with Gasteiger partial charge in [-0.25, -0.2) is 0 Å². The van der Waals surface area contributed by atoms with Crippen LogP contribution in [0.15, 0.2) is 28.1 Å². The van der Waals surface area contributed by atoms with Crippen LogP contribution < -0.4 is 5.73 Å². The summed E-state index contributed by atoms with van der Waals surface area (Å²) < 4.78 is 5.32. The van der Waals surface area contributed by atoms with Crippen molar-refractivity contribution >= 4 is 23.1 Å². The van der Waals surface area contributed by atoms with Crippen LogP contribution in [-0.2, 0) is 5.75 Å². The van der Waals surface area contributed by atoms with Gasteiger partial charge in [-0.1, -0.05) is 18.1 Å². The smallest absolute Gasteiger partial charge is 0.177 e. The summed E-state index contributed by atoms with van der Waals surface area (Å²) in [6, 6.07) is 6.07. The summed E-state index contributed by atoms with van der Waals surface area (Å²) in [6.07, 6.45) is 0. The van der Waals surface area contributed by atoms with Crippen LogP contribution in [0.3, 0.4) is 0 Å². The molecular formula is C12H16N2OS2. The number of hydrogen-bond donors (Lipinski definition) is 1. The minimum absolute atomic E-state index is 0.559. The number of aromatic nitrogens is 1. The molecule has 17 heavy (non-hydrogen) atoms. The van der Waals surface area contributed by atoms with Crippen molar-refractivity contribution in [3.63, 3.8) is 0 Å². The Hall–Kier alpha value is -0.780. The fraction of sp³-hybridized carbons (Fsp3) is 0.417. The second-order valence-corrected chi connectivity index (χ2v) is 5.99. The first kappa shape index (κ1) is 12.7. The molecule has 2 aromatic heterocycles. The molecule has 0 aliphatic carbocycles. The van der Waals surface area contributed by atoms with Crippen molar-refractivity contribution in [3.05, 3.63) is 29.3 Å². The molecule has 0 aliphatic heterocycles. The summed E-state index contributed by atoms with van der Waals surface area (Å²) in [4.78, 5) is 1.13. The Balaban J connectivity index is 1.87. The van der Waals surface area contributed by atoms with Crippen molar-refractivity contribution in [2.24, 2.45) is 11.7 Å². The van der Waals surface area contributed by atoms with Crippen molar-refractivity contribution in [1.29, 1.82) is 0 Å². The minimum atomic E-state index is 0.559. The molecule has 2 heterocycles. The lowest BCUT2D eigenvalue weighted by Gasteiger charge is -2.05. The van der Waals surface area contributed by atoms with Gasteiger partial charge in [-0.05, 0) is 29.7 Å². The summed E-state index contributed by atoms with van der Waals surface area (Å²) in [5.74, 6) is 3.38. The molecule has 2 rings (SSSR count). The Morgan fingerprint density at radius 3 is 3.18 bits per heavy atom. The molecule has 0 aliphatic rings. The van der Waals surface area contributed by atoms with E-state index in [1.54, 1.807) is 11.3 Å². The summed E-state index contributed by atoms with van der Waals surface area (Å²) >= 11 is 3.52. The molecule has 0 aromatic carbocycles. The van der Waals surface area contributed by atoms with E-state index >= 15 is 0 Å². The Kier molecular flexibility index (Phi) is 4.65. The van der Waals surface area contributed by atoms with E-state index in [0.29, 0.717) is 5.92 Å². The lowest BCUT2D eigenvalue weighted by Crippen LogP contribution is -2.12. The third kappa shape index (κ3) is 3.59. The highest BCUT2D eigenvalue weighted by Gasteiger charge is 2.08. The Morgan fingerprint density at radius 2 is 2.47 bits per heavy atom. The van der Waals surface area contributed by atoms with Crippen LogP contribution in [0.4, 0.5) is 0 Å². The van der Waals surface area contributed by atoms with Gasteiger partial charge in [0.1, 0.15) is 0 Å². The summed E-state index contributed by atoms with van der Waals surface area (Å²) in [5.41, 5.74) is 6.58. The monoisotopic (exact) mass is 268 g/mol. The SMILES string of the molecule is CC(CN)CSCc1cc(-c2cccs2)on1. The standard InChI is InChI=1S/C12H16N2OS2/c1-9(6-13)7-16-8-10-5-11(15-14-10)12-3-2-4-17-12/h2-5,9H,6-8,13H2,1H3. The van der Waals surface area contributed by atoms with Crippen LogP contribution in [0.25, 0.3) is 10.6 Å². The molecule has 1 atom stereocenters. The quantitative estimate of drug-likeness (QED) is 0.874. The molecule has 0 bridgehead atoms. The van der Waals surface area contributed by atoms with E-state index in [4.69, 9.17) is 10.3 Å². The lowest BCUT2D eigenvalue weighted by molar-refractivity contribution is 0.427. The van der Waals surface area contributed by atoms with E-state index in [1.165, 1.54) is 0 Å². The van der Waals surface area contributed by atoms with Crippen LogP contribution in [0.1, 0.15) is 12.6 Å². The van der Waals surface area contributed by atoms with Crippen LogP contribution in [0.5, 0.6) is 0 Å². The third-order valence-electron chi connectivity index (χ3n) is 2.38. The fourth-order valence-corrected chi connectivity index (χ4v) is 3.02. The predicted octanol–water partition coefficient (Wildman–Crippen LogP) is 3.23. The third-order valence-corrected chi connectivity index (χ3v) is 4.57. The van der Waals surface area contributed by atoms with Crippen LogP contribution >= 0.6 is 23.1 Å². The summed E-state index contributed by atoms with van der Waals surface area (Å²) in [5, 5.41) is 6.11. The number of rotatable bonds is 6. The van der Waals surface area contributed by atoms with Crippen LogP contribution in [0.2, 0.25) is 0 Å². The van der Waals surface area contributed by atoms with Crippen LogP contribution in [0, 0.1) is 5.92 Å². The van der Waals surface area contributed by atoms with Crippen molar-refractivity contribution < 1.29 is 4.52 Å². The van der Waals surface area contributed by atoms with E-state index < -0.39 is 0 Å². The molecule has 3 nitrogen and oxygen atoms in total. The molecule has 0 saturated carbocycles. The average molecular weight is 268 g/mol. The number of nitrogens with zero attached hydrogens (tertiary/aromatic N) is 1. The highest BCUT2D eigenvalue weighted by Crippen LogP contribution is 2.26. The van der Waals surface area contributed by atoms with Gasteiger partial charge >= 0.3 is 0 Å². The Morgan fingerprint density at radius 1 is 1.59 bits per heavy atom. The molecule has 1 unspecified atom stereocenters. The molecule has 5 heteroatoms. The largest absolute Gasteiger partial charge is 0.355 e. The zero-order valence-corrected chi connectivity index (χ0v) is 11.4. The van der Waals surface area contributed by atoms with E-state index in [9.17, 15) is 0 Å².